The number of halogens is 3. The molecule has 1 aromatic rings. The second kappa shape index (κ2) is 5.93. The van der Waals surface area contributed by atoms with E-state index in [0.717, 1.165) is 18.9 Å². The minimum absolute atomic E-state index is 0.0709. The number of ether oxygens (including phenoxy) is 1. The minimum Gasteiger partial charge on any atom is -0.398 e. The number of rotatable bonds is 5. The Labute approximate surface area is 120 Å². The lowest BCUT2D eigenvalue weighted by atomic mass is 10.1. The summed E-state index contributed by atoms with van der Waals surface area (Å²) in [5.74, 6) is -0.474. The van der Waals surface area contributed by atoms with Crippen molar-refractivity contribution in [2.75, 3.05) is 26.0 Å². The minimum atomic E-state index is -4.57. The van der Waals surface area contributed by atoms with Gasteiger partial charge >= 0.3 is 6.18 Å². The van der Waals surface area contributed by atoms with Crippen molar-refractivity contribution in [2.45, 2.75) is 25.1 Å². The van der Waals surface area contributed by atoms with Crippen molar-refractivity contribution in [3.05, 3.63) is 29.3 Å². The van der Waals surface area contributed by atoms with Crippen LogP contribution in [0.2, 0.25) is 0 Å². The Kier molecular flexibility index (Phi) is 4.41. The summed E-state index contributed by atoms with van der Waals surface area (Å²) in [7, 11) is 1.51. The lowest BCUT2D eigenvalue weighted by Crippen LogP contribution is -2.36. The normalized spacial score (nSPS) is 15.0. The molecule has 21 heavy (non-hydrogen) atoms. The van der Waals surface area contributed by atoms with Crippen molar-refractivity contribution in [2.24, 2.45) is 0 Å². The van der Waals surface area contributed by atoms with Gasteiger partial charge in [0.05, 0.1) is 23.4 Å². The van der Waals surface area contributed by atoms with E-state index in [1.165, 1.54) is 24.1 Å². The molecule has 0 atom stereocenters. The summed E-state index contributed by atoms with van der Waals surface area (Å²) in [6.07, 6.45) is -2.86. The number of carbonyl (C=O) groups is 1. The number of para-hydroxylation sites is 1. The van der Waals surface area contributed by atoms with E-state index in [1.54, 1.807) is 0 Å². The van der Waals surface area contributed by atoms with Crippen LogP contribution in [0, 0.1) is 0 Å². The van der Waals surface area contributed by atoms with Gasteiger partial charge in [-0.05, 0) is 25.0 Å². The molecule has 2 rings (SSSR count). The third kappa shape index (κ3) is 3.47. The fourth-order valence-electron chi connectivity index (χ4n) is 2.18. The Morgan fingerprint density at radius 2 is 2.10 bits per heavy atom. The molecule has 0 aliphatic heterocycles. The van der Waals surface area contributed by atoms with Crippen LogP contribution in [0.15, 0.2) is 18.2 Å². The van der Waals surface area contributed by atoms with Crippen LogP contribution >= 0.6 is 0 Å². The molecule has 0 aromatic heterocycles. The van der Waals surface area contributed by atoms with Gasteiger partial charge in [-0.15, -0.1) is 0 Å². The molecule has 2 N–H and O–H groups in total. The van der Waals surface area contributed by atoms with E-state index in [2.05, 4.69) is 0 Å². The monoisotopic (exact) mass is 302 g/mol. The zero-order valence-electron chi connectivity index (χ0n) is 11.6. The average Bonchev–Trinajstić information content (AvgIpc) is 3.22. The van der Waals surface area contributed by atoms with Crippen LogP contribution in [0.3, 0.4) is 0 Å². The van der Waals surface area contributed by atoms with E-state index in [0.29, 0.717) is 13.2 Å². The number of nitrogen functional groups attached to an aromatic ring is 1. The van der Waals surface area contributed by atoms with Gasteiger partial charge < -0.3 is 15.4 Å². The van der Waals surface area contributed by atoms with Gasteiger partial charge in [0.2, 0.25) is 0 Å². The molecule has 1 aliphatic carbocycles. The summed E-state index contributed by atoms with van der Waals surface area (Å²) in [5, 5.41) is 0. The number of benzene rings is 1. The lowest BCUT2D eigenvalue weighted by molar-refractivity contribution is -0.136. The van der Waals surface area contributed by atoms with E-state index in [-0.39, 0.29) is 11.6 Å². The number of nitrogens with two attached hydrogens (primary N) is 1. The van der Waals surface area contributed by atoms with Crippen molar-refractivity contribution < 1.29 is 22.7 Å². The van der Waals surface area contributed by atoms with Crippen molar-refractivity contribution in [3.8, 4) is 0 Å². The second-order valence-corrected chi connectivity index (χ2v) is 4.99. The van der Waals surface area contributed by atoms with Gasteiger partial charge in [0.1, 0.15) is 0 Å². The highest BCUT2D eigenvalue weighted by Gasteiger charge is 2.37. The number of nitrogens with zero attached hydrogens (tertiary/aromatic N) is 1. The molecule has 4 nitrogen and oxygen atoms in total. The molecule has 0 saturated heterocycles. The van der Waals surface area contributed by atoms with Crippen LogP contribution in [0.25, 0.3) is 0 Å². The number of carbonyl (C=O) groups excluding carboxylic acids is 1. The third-order valence-electron chi connectivity index (χ3n) is 3.43. The number of hydrogen-bond donors (Lipinski definition) is 1. The maximum Gasteiger partial charge on any atom is 0.418 e. The van der Waals surface area contributed by atoms with Crippen LogP contribution < -0.4 is 5.73 Å². The highest BCUT2D eigenvalue weighted by atomic mass is 19.4. The Morgan fingerprint density at radius 3 is 2.62 bits per heavy atom. The molecular formula is C14H17F3N2O2. The van der Waals surface area contributed by atoms with Gasteiger partial charge in [-0.2, -0.15) is 13.2 Å². The van der Waals surface area contributed by atoms with Crippen molar-refractivity contribution in [1.29, 1.82) is 0 Å². The van der Waals surface area contributed by atoms with Gasteiger partial charge in [0.25, 0.3) is 5.91 Å². The number of hydrogen-bond acceptors (Lipinski definition) is 3. The highest BCUT2D eigenvalue weighted by molar-refractivity contribution is 6.00. The van der Waals surface area contributed by atoms with Crippen molar-refractivity contribution >= 4 is 11.6 Å². The molecule has 0 bridgehead atoms. The standard InChI is InChI=1S/C14H17F3N2O2/c1-21-8-7-19(9-5-6-9)13(20)10-3-2-4-11(12(10)18)14(15,16)17/h2-4,9H,5-8,18H2,1H3. The molecule has 0 unspecified atom stereocenters. The first-order valence-corrected chi connectivity index (χ1v) is 6.62. The van der Waals surface area contributed by atoms with E-state index >= 15 is 0 Å². The predicted molar refractivity (Wildman–Crippen MR) is 71.8 cm³/mol. The van der Waals surface area contributed by atoms with Crippen LogP contribution in [0.5, 0.6) is 0 Å². The molecular weight excluding hydrogens is 285 g/mol. The summed E-state index contributed by atoms with van der Waals surface area (Å²) in [6.45, 7) is 0.677. The molecule has 0 spiro atoms. The Morgan fingerprint density at radius 1 is 1.43 bits per heavy atom. The maximum atomic E-state index is 12.8. The van der Waals surface area contributed by atoms with E-state index in [4.69, 9.17) is 10.5 Å². The average molecular weight is 302 g/mol. The van der Waals surface area contributed by atoms with Gasteiger partial charge in [0.15, 0.2) is 0 Å². The van der Waals surface area contributed by atoms with Gasteiger partial charge in [-0.3, -0.25) is 4.79 Å². The second-order valence-electron chi connectivity index (χ2n) is 4.99. The molecule has 7 heteroatoms. The van der Waals surface area contributed by atoms with Crippen LogP contribution in [0.4, 0.5) is 18.9 Å². The number of anilines is 1. The lowest BCUT2D eigenvalue weighted by Gasteiger charge is -2.23. The first kappa shape index (κ1) is 15.6. The molecule has 1 aliphatic rings. The van der Waals surface area contributed by atoms with Crippen LogP contribution in [-0.4, -0.2) is 37.1 Å². The van der Waals surface area contributed by atoms with Crippen molar-refractivity contribution in [1.82, 2.24) is 4.90 Å². The molecule has 1 aromatic carbocycles. The first-order chi connectivity index (χ1) is 9.86. The summed E-state index contributed by atoms with van der Waals surface area (Å²) in [5.41, 5.74) is 3.96. The summed E-state index contributed by atoms with van der Waals surface area (Å²) < 4.78 is 43.5. The van der Waals surface area contributed by atoms with Gasteiger partial charge in [0, 0.05) is 19.7 Å². The molecule has 0 heterocycles. The smallest absolute Gasteiger partial charge is 0.398 e. The summed E-state index contributed by atoms with van der Waals surface area (Å²) in [6, 6.07) is 3.48. The summed E-state index contributed by atoms with van der Waals surface area (Å²) in [4.78, 5) is 14.0. The molecule has 0 radical (unpaired) electrons. The summed E-state index contributed by atoms with van der Waals surface area (Å²) >= 11 is 0. The molecule has 1 saturated carbocycles. The third-order valence-corrected chi connectivity index (χ3v) is 3.43. The van der Waals surface area contributed by atoms with Gasteiger partial charge in [-0.1, -0.05) is 6.07 Å². The van der Waals surface area contributed by atoms with E-state index in [1.807, 2.05) is 0 Å². The Hall–Kier alpha value is -1.76. The number of amides is 1. The number of methoxy groups -OCH3 is 1. The van der Waals surface area contributed by atoms with Gasteiger partial charge in [-0.25, -0.2) is 0 Å². The maximum absolute atomic E-state index is 12.8. The topological polar surface area (TPSA) is 55.6 Å². The Bertz CT molecular complexity index is 527. The molecule has 1 fully saturated rings. The fraction of sp³-hybridized carbons (Fsp3) is 0.500. The quantitative estimate of drug-likeness (QED) is 0.850. The zero-order valence-corrected chi connectivity index (χ0v) is 11.6. The predicted octanol–water partition coefficient (Wildman–Crippen LogP) is 2.54. The largest absolute Gasteiger partial charge is 0.418 e. The Balaban J connectivity index is 2.29. The zero-order chi connectivity index (χ0) is 15.6. The number of alkyl halides is 3. The fourth-order valence-corrected chi connectivity index (χ4v) is 2.18. The molecule has 1 amide bonds. The first-order valence-electron chi connectivity index (χ1n) is 6.62. The molecule has 116 valence electrons. The van der Waals surface area contributed by atoms with E-state index < -0.39 is 23.3 Å². The van der Waals surface area contributed by atoms with Crippen molar-refractivity contribution in [3.63, 3.8) is 0 Å². The van der Waals surface area contributed by atoms with E-state index in [9.17, 15) is 18.0 Å². The van der Waals surface area contributed by atoms with Crippen LogP contribution in [-0.2, 0) is 10.9 Å². The highest BCUT2D eigenvalue weighted by Crippen LogP contribution is 2.36. The van der Waals surface area contributed by atoms with Crippen LogP contribution in [0.1, 0.15) is 28.8 Å². The SMILES string of the molecule is COCCN(C(=O)c1cccc(C(F)(F)F)c1N)C1CC1.